The van der Waals surface area contributed by atoms with Crippen molar-refractivity contribution in [3.63, 3.8) is 0 Å². The molecule has 1 heterocycles. The quantitative estimate of drug-likeness (QED) is 0.895. The molecule has 2 atom stereocenters. The van der Waals surface area contributed by atoms with Gasteiger partial charge in [0.15, 0.2) is 0 Å². The first kappa shape index (κ1) is 13.9. The number of amides is 1. The van der Waals surface area contributed by atoms with Crippen LogP contribution >= 0.6 is 0 Å². The van der Waals surface area contributed by atoms with Gasteiger partial charge in [0, 0.05) is 30.6 Å². The number of halogens is 2. The highest BCUT2D eigenvalue weighted by atomic mass is 19.1. The number of nitrogens with two attached hydrogens (primary N) is 1. The van der Waals surface area contributed by atoms with Crippen LogP contribution in [-0.2, 0) is 4.79 Å². The van der Waals surface area contributed by atoms with Crippen molar-refractivity contribution in [3.05, 3.63) is 35.4 Å². The summed E-state index contributed by atoms with van der Waals surface area (Å²) in [6, 6.07) is 2.59. The van der Waals surface area contributed by atoms with Gasteiger partial charge in [0.05, 0.1) is 6.04 Å². The van der Waals surface area contributed by atoms with Crippen LogP contribution in [0.1, 0.15) is 37.8 Å². The Morgan fingerprint density at radius 1 is 1.42 bits per heavy atom. The maximum absolute atomic E-state index is 13.9. The molecule has 3 nitrogen and oxygen atoms in total. The molecular formula is C14H18F2N2O. The molecule has 1 aromatic carbocycles. The van der Waals surface area contributed by atoms with Crippen molar-refractivity contribution in [1.82, 2.24) is 4.90 Å². The summed E-state index contributed by atoms with van der Waals surface area (Å²) in [5.74, 6) is -1.30. The van der Waals surface area contributed by atoms with E-state index in [1.807, 2.05) is 6.92 Å². The van der Waals surface area contributed by atoms with Crippen molar-refractivity contribution in [1.29, 1.82) is 0 Å². The largest absolute Gasteiger partial charge is 0.334 e. The molecule has 2 unspecified atom stereocenters. The molecule has 0 bridgehead atoms. The minimum atomic E-state index is -0.645. The molecule has 5 heteroatoms. The molecule has 2 rings (SSSR count). The highest BCUT2D eigenvalue weighted by Crippen LogP contribution is 2.31. The second kappa shape index (κ2) is 5.65. The van der Waals surface area contributed by atoms with Gasteiger partial charge in [-0.15, -0.1) is 0 Å². The zero-order valence-corrected chi connectivity index (χ0v) is 10.9. The summed E-state index contributed by atoms with van der Waals surface area (Å²) >= 11 is 0. The fraction of sp³-hybridized carbons (Fsp3) is 0.500. The molecule has 1 saturated heterocycles. The van der Waals surface area contributed by atoms with E-state index in [4.69, 9.17) is 5.73 Å². The maximum Gasteiger partial charge on any atom is 0.223 e. The summed E-state index contributed by atoms with van der Waals surface area (Å²) in [6.45, 7) is 2.30. The Morgan fingerprint density at radius 2 is 2.16 bits per heavy atom. The third-order valence-corrected chi connectivity index (χ3v) is 3.61. The SMILES string of the molecule is CCN1C(=O)CCCC(N)C1c1ccc(F)cc1F. The molecule has 2 N–H and O–H groups in total. The molecule has 104 valence electrons. The Morgan fingerprint density at radius 3 is 2.79 bits per heavy atom. The molecule has 0 saturated carbocycles. The molecule has 0 aliphatic carbocycles. The van der Waals surface area contributed by atoms with Crippen molar-refractivity contribution in [2.24, 2.45) is 5.73 Å². The van der Waals surface area contributed by atoms with E-state index in [0.717, 1.165) is 6.07 Å². The minimum Gasteiger partial charge on any atom is -0.334 e. The number of hydrogen-bond acceptors (Lipinski definition) is 2. The van der Waals surface area contributed by atoms with Gasteiger partial charge in [-0.1, -0.05) is 6.07 Å². The summed E-state index contributed by atoms with van der Waals surface area (Å²) in [6.07, 6.45) is 1.79. The van der Waals surface area contributed by atoms with Gasteiger partial charge in [-0.2, -0.15) is 0 Å². The number of hydrogen-bond donors (Lipinski definition) is 1. The Balaban J connectivity index is 2.44. The van der Waals surface area contributed by atoms with Gasteiger partial charge in [0.2, 0.25) is 5.91 Å². The fourth-order valence-corrected chi connectivity index (χ4v) is 2.69. The van der Waals surface area contributed by atoms with Crippen molar-refractivity contribution in [2.45, 2.75) is 38.3 Å². The number of carbonyl (C=O) groups is 1. The third kappa shape index (κ3) is 2.76. The first-order chi connectivity index (χ1) is 9.04. The first-order valence-electron chi connectivity index (χ1n) is 6.54. The molecule has 1 aromatic rings. The predicted molar refractivity (Wildman–Crippen MR) is 68.3 cm³/mol. The van der Waals surface area contributed by atoms with Crippen LogP contribution in [-0.4, -0.2) is 23.4 Å². The molecule has 1 fully saturated rings. The maximum atomic E-state index is 13.9. The topological polar surface area (TPSA) is 46.3 Å². The Hall–Kier alpha value is -1.49. The minimum absolute atomic E-state index is 0.0239. The van der Waals surface area contributed by atoms with Gasteiger partial charge in [-0.25, -0.2) is 8.78 Å². The molecule has 0 radical (unpaired) electrons. The van der Waals surface area contributed by atoms with E-state index in [-0.39, 0.29) is 11.9 Å². The molecular weight excluding hydrogens is 250 g/mol. The second-order valence-corrected chi connectivity index (χ2v) is 4.85. The van der Waals surface area contributed by atoms with Crippen LogP contribution in [0.4, 0.5) is 8.78 Å². The standard InChI is InChI=1S/C14H18F2N2O/c1-2-18-13(19)5-3-4-12(17)14(18)10-7-6-9(15)8-11(10)16/h6-8,12,14H,2-5,17H2,1H3. The summed E-state index contributed by atoms with van der Waals surface area (Å²) in [4.78, 5) is 13.6. The van der Waals surface area contributed by atoms with E-state index in [1.165, 1.54) is 12.1 Å². The van der Waals surface area contributed by atoms with Gasteiger partial charge in [-0.05, 0) is 25.8 Å². The number of likely N-dealkylation sites (N-methyl/N-ethyl adjacent to an activating group) is 1. The van der Waals surface area contributed by atoms with E-state index < -0.39 is 17.7 Å². The van der Waals surface area contributed by atoms with Crippen molar-refractivity contribution < 1.29 is 13.6 Å². The van der Waals surface area contributed by atoms with Crippen molar-refractivity contribution in [3.8, 4) is 0 Å². The predicted octanol–water partition coefficient (Wildman–Crippen LogP) is 2.37. The smallest absolute Gasteiger partial charge is 0.223 e. The van der Waals surface area contributed by atoms with Crippen molar-refractivity contribution in [2.75, 3.05) is 6.54 Å². The number of benzene rings is 1. The molecule has 1 aliphatic heterocycles. The molecule has 0 aromatic heterocycles. The van der Waals surface area contributed by atoms with Gasteiger partial charge in [0.1, 0.15) is 11.6 Å². The lowest BCUT2D eigenvalue weighted by atomic mass is 9.96. The zero-order chi connectivity index (χ0) is 14.0. The van der Waals surface area contributed by atoms with Gasteiger partial charge in [-0.3, -0.25) is 4.79 Å². The number of carbonyl (C=O) groups excluding carboxylic acids is 1. The third-order valence-electron chi connectivity index (χ3n) is 3.61. The average Bonchev–Trinajstić information content (AvgIpc) is 2.49. The van der Waals surface area contributed by atoms with Crippen LogP contribution in [0.3, 0.4) is 0 Å². The Bertz CT molecular complexity index is 479. The van der Waals surface area contributed by atoms with Crippen LogP contribution in [0.25, 0.3) is 0 Å². The Labute approximate surface area is 111 Å². The Kier molecular flexibility index (Phi) is 4.14. The van der Waals surface area contributed by atoms with Gasteiger partial charge < -0.3 is 10.6 Å². The lowest BCUT2D eigenvalue weighted by molar-refractivity contribution is -0.133. The molecule has 0 spiro atoms. The van der Waals surface area contributed by atoms with E-state index >= 15 is 0 Å². The van der Waals surface area contributed by atoms with Crippen LogP contribution in [0.2, 0.25) is 0 Å². The van der Waals surface area contributed by atoms with Crippen LogP contribution < -0.4 is 5.73 Å². The summed E-state index contributed by atoms with van der Waals surface area (Å²) in [7, 11) is 0. The average molecular weight is 268 g/mol. The number of likely N-dealkylation sites (tertiary alicyclic amines) is 1. The highest BCUT2D eigenvalue weighted by molar-refractivity contribution is 5.77. The van der Waals surface area contributed by atoms with Gasteiger partial charge in [0.25, 0.3) is 0 Å². The summed E-state index contributed by atoms with van der Waals surface area (Å²) in [5, 5.41) is 0. The molecule has 19 heavy (non-hydrogen) atoms. The lowest BCUT2D eigenvalue weighted by Crippen LogP contribution is -2.42. The monoisotopic (exact) mass is 268 g/mol. The van der Waals surface area contributed by atoms with Crippen molar-refractivity contribution >= 4 is 5.91 Å². The normalized spacial score (nSPS) is 24.4. The number of rotatable bonds is 2. The lowest BCUT2D eigenvalue weighted by Gasteiger charge is -2.33. The fourth-order valence-electron chi connectivity index (χ4n) is 2.69. The van der Waals surface area contributed by atoms with Crippen LogP contribution in [0.5, 0.6) is 0 Å². The summed E-state index contributed by atoms with van der Waals surface area (Å²) < 4.78 is 26.9. The molecule has 1 aliphatic rings. The molecule has 1 amide bonds. The summed E-state index contributed by atoms with van der Waals surface area (Å²) in [5.41, 5.74) is 6.39. The highest BCUT2D eigenvalue weighted by Gasteiger charge is 2.33. The van der Waals surface area contributed by atoms with Gasteiger partial charge >= 0.3 is 0 Å². The second-order valence-electron chi connectivity index (χ2n) is 4.85. The van der Waals surface area contributed by atoms with Crippen LogP contribution in [0.15, 0.2) is 18.2 Å². The zero-order valence-electron chi connectivity index (χ0n) is 10.9. The first-order valence-corrected chi connectivity index (χ1v) is 6.54. The number of nitrogens with zero attached hydrogens (tertiary/aromatic N) is 1. The van der Waals surface area contributed by atoms with Crippen LogP contribution in [0, 0.1) is 11.6 Å². The van der Waals surface area contributed by atoms with E-state index in [1.54, 1.807) is 4.90 Å². The van der Waals surface area contributed by atoms with E-state index in [0.29, 0.717) is 31.4 Å². The van der Waals surface area contributed by atoms with E-state index in [9.17, 15) is 13.6 Å². The van der Waals surface area contributed by atoms with E-state index in [2.05, 4.69) is 0 Å².